The predicted molar refractivity (Wildman–Crippen MR) is 180 cm³/mol. The van der Waals surface area contributed by atoms with Crippen molar-refractivity contribution in [3.05, 3.63) is 149 Å². The van der Waals surface area contributed by atoms with Crippen molar-refractivity contribution in [2.45, 2.75) is 30.8 Å². The number of methoxy groups -OCH3 is 2. The van der Waals surface area contributed by atoms with Crippen LogP contribution in [0.3, 0.4) is 0 Å². The number of aryl methyl sites for hydroxylation is 1. The fraction of sp³-hybridized carbons (Fsp3) is 0.184. The minimum absolute atomic E-state index is 0.0233. The van der Waals surface area contributed by atoms with E-state index in [-0.39, 0.29) is 16.5 Å². The van der Waals surface area contributed by atoms with E-state index in [0.29, 0.717) is 18.0 Å². The highest BCUT2D eigenvalue weighted by molar-refractivity contribution is 7.90. The van der Waals surface area contributed by atoms with Crippen LogP contribution in [-0.2, 0) is 23.0 Å². The summed E-state index contributed by atoms with van der Waals surface area (Å²) in [6.45, 7) is 3.43. The van der Waals surface area contributed by atoms with Gasteiger partial charge in [-0.25, -0.2) is 13.1 Å². The predicted octanol–water partition coefficient (Wildman–Crippen LogP) is 6.95. The van der Waals surface area contributed by atoms with Gasteiger partial charge in [-0.3, -0.25) is 9.69 Å². The number of carbonyl (C=O) groups excluding carboxylic acids is 1. The first kappa shape index (κ1) is 31.1. The summed E-state index contributed by atoms with van der Waals surface area (Å²) in [5.74, 6) is 0.719. The summed E-state index contributed by atoms with van der Waals surface area (Å²) < 4.78 is 39.7. The molecule has 0 aliphatic carbocycles. The quantitative estimate of drug-likeness (QED) is 0.189. The Morgan fingerprint density at radius 3 is 2.04 bits per heavy atom. The molecule has 1 aliphatic rings. The molecule has 0 spiro atoms. The summed E-state index contributed by atoms with van der Waals surface area (Å²) in [6.07, 6.45) is 0.837. The summed E-state index contributed by atoms with van der Waals surface area (Å²) in [6, 6.07) is 36.1. The molecule has 5 aromatic carbocycles. The summed E-state index contributed by atoms with van der Waals surface area (Å²) in [5, 5.41) is 0. The number of benzene rings is 5. The van der Waals surface area contributed by atoms with Crippen molar-refractivity contribution in [2.75, 3.05) is 20.8 Å². The lowest BCUT2D eigenvalue weighted by molar-refractivity contribution is 0.0981. The molecule has 7 nitrogen and oxygen atoms in total. The summed E-state index contributed by atoms with van der Waals surface area (Å²) >= 11 is 0. The largest absolute Gasteiger partial charge is 0.493 e. The Balaban J connectivity index is 1.18. The topological polar surface area (TPSA) is 84.9 Å². The van der Waals surface area contributed by atoms with Gasteiger partial charge in [0.15, 0.2) is 11.5 Å². The van der Waals surface area contributed by atoms with Gasteiger partial charge in [-0.2, -0.15) is 0 Å². The van der Waals surface area contributed by atoms with Gasteiger partial charge >= 0.3 is 0 Å². The number of ether oxygens (including phenoxy) is 2. The highest BCUT2D eigenvalue weighted by Gasteiger charge is 2.30. The Morgan fingerprint density at radius 2 is 1.41 bits per heavy atom. The number of hydrogen-bond acceptors (Lipinski definition) is 6. The summed E-state index contributed by atoms with van der Waals surface area (Å²) in [5.41, 5.74) is 7.88. The lowest BCUT2D eigenvalue weighted by Crippen LogP contribution is -2.35. The maximum absolute atomic E-state index is 13.2. The molecule has 0 saturated carbocycles. The second-order valence-electron chi connectivity index (χ2n) is 11.5. The van der Waals surface area contributed by atoms with Crippen molar-refractivity contribution < 1.29 is 22.7 Å². The van der Waals surface area contributed by atoms with E-state index in [4.69, 9.17) is 9.47 Å². The zero-order valence-corrected chi connectivity index (χ0v) is 26.9. The Kier molecular flexibility index (Phi) is 8.92. The van der Waals surface area contributed by atoms with Crippen LogP contribution in [0, 0.1) is 6.92 Å². The van der Waals surface area contributed by atoms with Crippen LogP contribution >= 0.6 is 0 Å². The van der Waals surface area contributed by atoms with Gasteiger partial charge < -0.3 is 9.47 Å². The molecule has 0 saturated heterocycles. The molecule has 234 valence electrons. The number of rotatable bonds is 9. The van der Waals surface area contributed by atoms with Crippen LogP contribution in [0.1, 0.15) is 44.2 Å². The molecule has 1 N–H and O–H groups in total. The van der Waals surface area contributed by atoms with E-state index in [1.807, 2.05) is 73.7 Å². The Hall–Kier alpha value is -4.92. The molecule has 46 heavy (non-hydrogen) atoms. The molecule has 1 heterocycles. The van der Waals surface area contributed by atoms with Crippen LogP contribution in [0.25, 0.3) is 11.1 Å². The van der Waals surface area contributed by atoms with E-state index < -0.39 is 15.9 Å². The van der Waals surface area contributed by atoms with Gasteiger partial charge in [-0.15, -0.1) is 0 Å². The maximum atomic E-state index is 13.2. The molecule has 6 rings (SSSR count). The molecule has 1 unspecified atom stereocenters. The van der Waals surface area contributed by atoms with E-state index >= 15 is 0 Å². The molecule has 5 aromatic rings. The fourth-order valence-corrected chi connectivity index (χ4v) is 6.98. The second-order valence-corrected chi connectivity index (χ2v) is 13.1. The number of fused-ring (bicyclic) bond motifs is 1. The molecule has 1 aliphatic heterocycles. The maximum Gasteiger partial charge on any atom is 0.264 e. The van der Waals surface area contributed by atoms with E-state index in [0.717, 1.165) is 46.3 Å². The normalized spacial score (nSPS) is 14.7. The first-order chi connectivity index (χ1) is 22.3. The highest BCUT2D eigenvalue weighted by atomic mass is 32.2. The molecule has 0 radical (unpaired) electrons. The van der Waals surface area contributed by atoms with Crippen LogP contribution in [0.2, 0.25) is 0 Å². The molecule has 1 amide bonds. The molecule has 0 bridgehead atoms. The van der Waals surface area contributed by atoms with E-state index in [1.165, 1.54) is 5.56 Å². The van der Waals surface area contributed by atoms with Crippen molar-refractivity contribution in [3.8, 4) is 22.6 Å². The molecular weight excluding hydrogens is 596 g/mol. The second kappa shape index (κ2) is 13.2. The van der Waals surface area contributed by atoms with Crippen LogP contribution in [-0.4, -0.2) is 40.0 Å². The monoisotopic (exact) mass is 632 g/mol. The Bertz CT molecular complexity index is 1940. The third-order valence-corrected chi connectivity index (χ3v) is 9.81. The van der Waals surface area contributed by atoms with E-state index in [2.05, 4.69) is 33.9 Å². The van der Waals surface area contributed by atoms with Gasteiger partial charge in [0, 0.05) is 18.7 Å². The summed E-state index contributed by atoms with van der Waals surface area (Å²) in [4.78, 5) is 15.3. The van der Waals surface area contributed by atoms with Gasteiger partial charge in [-0.1, -0.05) is 84.4 Å². The molecule has 0 fully saturated rings. The molecule has 1 atom stereocenters. The van der Waals surface area contributed by atoms with E-state index in [9.17, 15) is 13.2 Å². The third kappa shape index (κ3) is 6.54. The van der Waals surface area contributed by atoms with Crippen LogP contribution < -0.4 is 14.2 Å². The SMILES string of the molecule is COc1cc2c(cc1OC)C(c1ccccc1)N(Cc1ccc(S(=O)(=O)NC(=O)c3ccc(-c4ccc(C)cc4)cc3)cc1)CC2. The summed E-state index contributed by atoms with van der Waals surface area (Å²) in [7, 11) is -0.784. The average Bonchev–Trinajstić information content (AvgIpc) is 3.08. The lowest BCUT2D eigenvalue weighted by atomic mass is 9.87. The van der Waals surface area contributed by atoms with Crippen molar-refractivity contribution in [3.63, 3.8) is 0 Å². The number of hydrogen-bond donors (Lipinski definition) is 1. The average molecular weight is 633 g/mol. The number of nitrogens with zero attached hydrogens (tertiary/aromatic N) is 1. The zero-order valence-electron chi connectivity index (χ0n) is 26.1. The lowest BCUT2D eigenvalue weighted by Gasteiger charge is -2.38. The number of carbonyl (C=O) groups is 1. The van der Waals surface area contributed by atoms with Gasteiger partial charge in [0.2, 0.25) is 0 Å². The molecule has 8 heteroatoms. The van der Waals surface area contributed by atoms with Crippen molar-refractivity contribution in [2.24, 2.45) is 0 Å². The number of amides is 1. The number of nitrogens with one attached hydrogen (secondary N) is 1. The standard InChI is InChI=1S/C38H36N2O5S/c1-26-9-13-28(14-10-26)29-15-17-31(18-16-29)38(41)39-46(42,43)33-19-11-27(12-20-33)25-40-22-21-32-23-35(44-2)36(45-3)24-34(32)37(40)30-7-5-4-6-8-30/h4-20,23-24,37H,21-22,25H2,1-3H3,(H,39,41). The van der Waals surface area contributed by atoms with Gasteiger partial charge in [0.25, 0.3) is 15.9 Å². The first-order valence-corrected chi connectivity index (χ1v) is 16.6. The fourth-order valence-electron chi connectivity index (χ4n) is 6.00. The Morgan fingerprint density at radius 1 is 0.804 bits per heavy atom. The minimum Gasteiger partial charge on any atom is -0.493 e. The zero-order chi connectivity index (χ0) is 32.3. The van der Waals surface area contributed by atoms with Crippen LogP contribution in [0.4, 0.5) is 0 Å². The van der Waals surface area contributed by atoms with Gasteiger partial charge in [0.05, 0.1) is 25.2 Å². The van der Waals surface area contributed by atoms with Crippen molar-refractivity contribution in [1.29, 1.82) is 0 Å². The third-order valence-electron chi connectivity index (χ3n) is 8.47. The van der Waals surface area contributed by atoms with Crippen LogP contribution in [0.5, 0.6) is 11.5 Å². The van der Waals surface area contributed by atoms with Crippen molar-refractivity contribution >= 4 is 15.9 Å². The van der Waals surface area contributed by atoms with Gasteiger partial charge in [-0.05, 0) is 83.1 Å². The first-order valence-electron chi connectivity index (χ1n) is 15.1. The highest BCUT2D eigenvalue weighted by Crippen LogP contribution is 2.41. The van der Waals surface area contributed by atoms with Crippen LogP contribution in [0.15, 0.2) is 120 Å². The molecular formula is C38H36N2O5S. The minimum atomic E-state index is -4.07. The molecule has 0 aromatic heterocycles. The smallest absolute Gasteiger partial charge is 0.264 e. The Labute approximate surface area is 270 Å². The van der Waals surface area contributed by atoms with Gasteiger partial charge in [0.1, 0.15) is 0 Å². The number of sulfonamides is 1. The van der Waals surface area contributed by atoms with Crippen molar-refractivity contribution in [1.82, 2.24) is 9.62 Å². The van der Waals surface area contributed by atoms with E-state index in [1.54, 1.807) is 38.5 Å².